The molecule has 0 bridgehead atoms. The van der Waals surface area contributed by atoms with E-state index in [2.05, 4.69) is 54.5 Å². The molecule has 2 nitrogen and oxygen atoms in total. The molecule has 0 aliphatic rings. The van der Waals surface area contributed by atoms with Crippen LogP contribution in [0.5, 0.6) is 0 Å². The van der Waals surface area contributed by atoms with Crippen LogP contribution in [0.4, 0.5) is 0 Å². The zero-order valence-electron chi connectivity index (χ0n) is 9.09. The zero-order valence-corrected chi connectivity index (χ0v) is 9.09. The van der Waals surface area contributed by atoms with E-state index in [0.717, 1.165) is 5.52 Å². The molecule has 0 fully saturated rings. The van der Waals surface area contributed by atoms with Crippen molar-refractivity contribution in [3.63, 3.8) is 0 Å². The molecule has 1 aromatic carbocycles. The Bertz CT molecular complexity index is 638. The highest BCUT2D eigenvalue weighted by atomic mass is 15.0. The molecule has 0 radical (unpaired) electrons. The fourth-order valence-electron chi connectivity index (χ4n) is 1.98. The summed E-state index contributed by atoms with van der Waals surface area (Å²) in [6, 6.07) is 12.6. The first kappa shape index (κ1) is 9.16. The van der Waals surface area contributed by atoms with Crippen LogP contribution < -0.4 is 0 Å². The fourth-order valence-corrected chi connectivity index (χ4v) is 1.98. The smallest absolute Gasteiger partial charge is 0.0992 e. The summed E-state index contributed by atoms with van der Waals surface area (Å²) in [5.41, 5.74) is 4.92. The highest BCUT2D eigenvalue weighted by Gasteiger charge is 2.01. The molecule has 0 amide bonds. The van der Waals surface area contributed by atoms with Gasteiger partial charge in [-0.25, -0.2) is 4.98 Å². The lowest BCUT2D eigenvalue weighted by molar-refractivity contribution is 1.15. The SMILES string of the molecule is Cc1ccccc1-c1ccc2cncn2c1. The van der Waals surface area contributed by atoms with E-state index in [4.69, 9.17) is 0 Å². The normalized spacial score (nSPS) is 10.8. The van der Waals surface area contributed by atoms with Crippen LogP contribution in [0.2, 0.25) is 0 Å². The number of hydrogen-bond donors (Lipinski definition) is 0. The van der Waals surface area contributed by atoms with Gasteiger partial charge in [-0.2, -0.15) is 0 Å². The number of benzene rings is 1. The van der Waals surface area contributed by atoms with Gasteiger partial charge in [0.15, 0.2) is 0 Å². The van der Waals surface area contributed by atoms with Gasteiger partial charge >= 0.3 is 0 Å². The molecule has 0 spiro atoms. The largest absolute Gasteiger partial charge is 0.306 e. The van der Waals surface area contributed by atoms with E-state index >= 15 is 0 Å². The molecule has 3 rings (SSSR count). The van der Waals surface area contributed by atoms with Gasteiger partial charge in [0.2, 0.25) is 0 Å². The number of hydrogen-bond acceptors (Lipinski definition) is 1. The molecule has 78 valence electrons. The molecular formula is C14H12N2. The maximum Gasteiger partial charge on any atom is 0.0992 e. The minimum atomic E-state index is 1.12. The molecule has 0 atom stereocenters. The van der Waals surface area contributed by atoms with Crippen molar-refractivity contribution in [2.75, 3.05) is 0 Å². The van der Waals surface area contributed by atoms with Gasteiger partial charge < -0.3 is 4.40 Å². The number of aromatic nitrogens is 2. The van der Waals surface area contributed by atoms with Crippen LogP contribution in [0.25, 0.3) is 16.6 Å². The van der Waals surface area contributed by atoms with Gasteiger partial charge in [0, 0.05) is 6.20 Å². The summed E-state index contributed by atoms with van der Waals surface area (Å²) < 4.78 is 2.04. The number of imidazole rings is 1. The number of pyridine rings is 1. The first-order valence-corrected chi connectivity index (χ1v) is 5.32. The van der Waals surface area contributed by atoms with Gasteiger partial charge in [-0.05, 0) is 29.7 Å². The molecular weight excluding hydrogens is 196 g/mol. The van der Waals surface area contributed by atoms with Crippen molar-refractivity contribution < 1.29 is 0 Å². The minimum absolute atomic E-state index is 1.12. The average molecular weight is 208 g/mol. The summed E-state index contributed by atoms with van der Waals surface area (Å²) in [4.78, 5) is 4.12. The lowest BCUT2D eigenvalue weighted by Crippen LogP contribution is -1.86. The molecule has 2 aromatic heterocycles. The van der Waals surface area contributed by atoms with Crippen molar-refractivity contribution in [1.29, 1.82) is 0 Å². The zero-order chi connectivity index (χ0) is 11.0. The Labute approximate surface area is 94.2 Å². The van der Waals surface area contributed by atoms with E-state index in [-0.39, 0.29) is 0 Å². The fraction of sp³-hybridized carbons (Fsp3) is 0.0714. The van der Waals surface area contributed by atoms with Crippen LogP contribution in [0.3, 0.4) is 0 Å². The number of fused-ring (bicyclic) bond motifs is 1. The standard InChI is InChI=1S/C14H12N2/c1-11-4-2-3-5-14(11)12-6-7-13-8-15-10-16(13)9-12/h2-10H,1H3. The Hall–Kier alpha value is -2.09. The number of nitrogens with zero attached hydrogens (tertiary/aromatic N) is 2. The third-order valence-corrected chi connectivity index (χ3v) is 2.86. The topological polar surface area (TPSA) is 17.3 Å². The van der Waals surface area contributed by atoms with Gasteiger partial charge in [-0.1, -0.05) is 30.3 Å². The Morgan fingerprint density at radius 3 is 2.81 bits per heavy atom. The van der Waals surface area contributed by atoms with Crippen LogP contribution in [0.1, 0.15) is 5.56 Å². The van der Waals surface area contributed by atoms with Crippen molar-refractivity contribution >= 4 is 5.52 Å². The van der Waals surface area contributed by atoms with Crippen LogP contribution in [0.15, 0.2) is 55.1 Å². The molecule has 0 N–H and O–H groups in total. The summed E-state index contributed by atoms with van der Waals surface area (Å²) in [5.74, 6) is 0. The minimum Gasteiger partial charge on any atom is -0.306 e. The van der Waals surface area contributed by atoms with Crippen molar-refractivity contribution in [2.45, 2.75) is 6.92 Å². The van der Waals surface area contributed by atoms with E-state index in [1.54, 1.807) is 0 Å². The van der Waals surface area contributed by atoms with Crippen molar-refractivity contribution in [3.05, 3.63) is 60.7 Å². The van der Waals surface area contributed by atoms with Gasteiger partial charge in [0.05, 0.1) is 18.0 Å². The monoisotopic (exact) mass is 208 g/mol. The second kappa shape index (κ2) is 3.49. The first-order chi connectivity index (χ1) is 7.84. The lowest BCUT2D eigenvalue weighted by Gasteiger charge is -2.06. The molecule has 0 aliphatic heterocycles. The summed E-state index contributed by atoms with van der Waals surface area (Å²) in [6.45, 7) is 2.13. The third-order valence-electron chi connectivity index (χ3n) is 2.86. The summed E-state index contributed by atoms with van der Waals surface area (Å²) in [7, 11) is 0. The summed E-state index contributed by atoms with van der Waals surface area (Å²) >= 11 is 0. The maximum atomic E-state index is 4.12. The second-order valence-electron chi connectivity index (χ2n) is 3.96. The van der Waals surface area contributed by atoms with Gasteiger partial charge in [-0.15, -0.1) is 0 Å². The Morgan fingerprint density at radius 2 is 1.94 bits per heavy atom. The van der Waals surface area contributed by atoms with Crippen LogP contribution >= 0.6 is 0 Å². The van der Waals surface area contributed by atoms with E-state index in [0.29, 0.717) is 0 Å². The van der Waals surface area contributed by atoms with Crippen LogP contribution in [-0.4, -0.2) is 9.38 Å². The van der Waals surface area contributed by atoms with Gasteiger partial charge in [0.25, 0.3) is 0 Å². The average Bonchev–Trinajstić information content (AvgIpc) is 2.76. The summed E-state index contributed by atoms with van der Waals surface area (Å²) in [5, 5.41) is 0. The Kier molecular flexibility index (Phi) is 2.00. The van der Waals surface area contributed by atoms with Gasteiger partial charge in [-0.3, -0.25) is 0 Å². The van der Waals surface area contributed by atoms with Crippen LogP contribution in [-0.2, 0) is 0 Å². The molecule has 0 saturated heterocycles. The molecule has 3 aromatic rings. The predicted octanol–water partition coefficient (Wildman–Crippen LogP) is 3.31. The van der Waals surface area contributed by atoms with Crippen molar-refractivity contribution in [2.24, 2.45) is 0 Å². The lowest BCUT2D eigenvalue weighted by atomic mass is 10.0. The molecule has 0 unspecified atom stereocenters. The third kappa shape index (κ3) is 1.39. The first-order valence-electron chi connectivity index (χ1n) is 5.32. The van der Waals surface area contributed by atoms with Crippen LogP contribution in [0, 0.1) is 6.92 Å². The highest BCUT2D eigenvalue weighted by Crippen LogP contribution is 2.23. The van der Waals surface area contributed by atoms with Crippen molar-refractivity contribution in [1.82, 2.24) is 9.38 Å². The number of rotatable bonds is 1. The molecule has 0 aliphatic carbocycles. The molecule has 0 saturated carbocycles. The van der Waals surface area contributed by atoms with Gasteiger partial charge in [0.1, 0.15) is 0 Å². The van der Waals surface area contributed by atoms with E-state index in [9.17, 15) is 0 Å². The highest BCUT2D eigenvalue weighted by molar-refractivity contribution is 5.68. The molecule has 16 heavy (non-hydrogen) atoms. The van der Waals surface area contributed by atoms with Crippen molar-refractivity contribution in [3.8, 4) is 11.1 Å². The molecule has 2 heterocycles. The molecule has 2 heteroatoms. The predicted molar refractivity (Wildman–Crippen MR) is 65.4 cm³/mol. The Morgan fingerprint density at radius 1 is 1.06 bits per heavy atom. The Balaban J connectivity index is 2.22. The maximum absolute atomic E-state index is 4.12. The van der Waals surface area contributed by atoms with E-state index in [1.165, 1.54) is 16.7 Å². The van der Waals surface area contributed by atoms with E-state index in [1.807, 2.05) is 16.9 Å². The van der Waals surface area contributed by atoms with E-state index < -0.39 is 0 Å². The number of aryl methyl sites for hydroxylation is 1. The summed E-state index contributed by atoms with van der Waals surface area (Å²) in [6.07, 6.45) is 5.81. The second-order valence-corrected chi connectivity index (χ2v) is 3.96. The quantitative estimate of drug-likeness (QED) is 0.599.